The standard InChI is InChI=1S/C31H39N3O5S/c1-38-28-22-25(39-19-5-4-8-29(35)32-17-20-40-21-18-32)10-11-26(28)31(37)33-15-13-24(14-16-33)34-27-7-3-2-6-23(27)9-12-30(34)36/h2-3,6-7,10-11,22,24H,4-5,8-9,12-21H2,1H3. The Morgan fingerprint density at radius 2 is 1.73 bits per heavy atom. The topological polar surface area (TPSA) is 79.4 Å². The number of unbranched alkanes of at least 4 members (excludes halogenated alkanes) is 1. The summed E-state index contributed by atoms with van der Waals surface area (Å²) in [5.74, 6) is 3.54. The number of fused-ring (bicyclic) bond motifs is 1. The Morgan fingerprint density at radius 1 is 0.950 bits per heavy atom. The smallest absolute Gasteiger partial charge is 0.257 e. The zero-order valence-corrected chi connectivity index (χ0v) is 24.1. The number of nitrogens with zero attached hydrogens (tertiary/aromatic N) is 3. The number of anilines is 1. The highest BCUT2D eigenvalue weighted by molar-refractivity contribution is 7.99. The average Bonchev–Trinajstić information content (AvgIpc) is 3.01. The van der Waals surface area contributed by atoms with Gasteiger partial charge in [-0.2, -0.15) is 11.8 Å². The number of para-hydroxylation sites is 1. The summed E-state index contributed by atoms with van der Waals surface area (Å²) in [4.78, 5) is 44.3. The lowest BCUT2D eigenvalue weighted by molar-refractivity contribution is -0.131. The number of hydrogen-bond acceptors (Lipinski definition) is 6. The molecule has 3 aliphatic rings. The maximum Gasteiger partial charge on any atom is 0.257 e. The van der Waals surface area contributed by atoms with Gasteiger partial charge in [0.2, 0.25) is 11.8 Å². The lowest BCUT2D eigenvalue weighted by atomic mass is 9.95. The van der Waals surface area contributed by atoms with Gasteiger partial charge < -0.3 is 24.2 Å². The zero-order valence-electron chi connectivity index (χ0n) is 23.3. The Hall–Kier alpha value is -3.20. The molecule has 0 aliphatic carbocycles. The molecule has 2 fully saturated rings. The van der Waals surface area contributed by atoms with Gasteiger partial charge in [0.15, 0.2) is 0 Å². The molecule has 0 radical (unpaired) electrons. The molecule has 3 aliphatic heterocycles. The van der Waals surface area contributed by atoms with E-state index < -0.39 is 0 Å². The van der Waals surface area contributed by atoms with Gasteiger partial charge in [0.05, 0.1) is 19.3 Å². The van der Waals surface area contributed by atoms with Crippen LogP contribution in [0, 0.1) is 0 Å². The molecule has 0 aromatic heterocycles. The Labute approximate surface area is 241 Å². The quantitative estimate of drug-likeness (QED) is 0.420. The molecule has 40 heavy (non-hydrogen) atoms. The summed E-state index contributed by atoms with van der Waals surface area (Å²) in [6.45, 7) is 3.40. The van der Waals surface area contributed by atoms with Crippen LogP contribution in [0.3, 0.4) is 0 Å². The van der Waals surface area contributed by atoms with Gasteiger partial charge in [-0.1, -0.05) is 18.2 Å². The highest BCUT2D eigenvalue weighted by Gasteiger charge is 2.34. The zero-order chi connectivity index (χ0) is 27.9. The van der Waals surface area contributed by atoms with Crippen molar-refractivity contribution in [3.63, 3.8) is 0 Å². The number of rotatable bonds is 9. The number of thioether (sulfide) groups is 1. The fourth-order valence-corrected chi connectivity index (χ4v) is 6.73. The van der Waals surface area contributed by atoms with E-state index in [2.05, 4.69) is 6.07 Å². The Bertz CT molecular complexity index is 1210. The van der Waals surface area contributed by atoms with E-state index >= 15 is 0 Å². The Balaban J connectivity index is 1.11. The molecule has 0 unspecified atom stereocenters. The molecule has 0 spiro atoms. The van der Waals surface area contributed by atoms with Gasteiger partial charge in [0.25, 0.3) is 5.91 Å². The minimum atomic E-state index is -0.0677. The predicted octanol–water partition coefficient (Wildman–Crippen LogP) is 4.40. The molecular weight excluding hydrogens is 526 g/mol. The van der Waals surface area contributed by atoms with Gasteiger partial charge in [-0.05, 0) is 55.9 Å². The molecule has 2 aromatic carbocycles. The molecule has 8 nitrogen and oxygen atoms in total. The molecule has 5 rings (SSSR count). The van der Waals surface area contributed by atoms with Crippen molar-refractivity contribution in [1.29, 1.82) is 0 Å². The van der Waals surface area contributed by atoms with Crippen LogP contribution in [0.15, 0.2) is 42.5 Å². The van der Waals surface area contributed by atoms with Crippen molar-refractivity contribution in [3.05, 3.63) is 53.6 Å². The highest BCUT2D eigenvalue weighted by Crippen LogP contribution is 2.33. The van der Waals surface area contributed by atoms with Gasteiger partial charge in [-0.25, -0.2) is 0 Å². The van der Waals surface area contributed by atoms with Crippen molar-refractivity contribution in [3.8, 4) is 11.5 Å². The number of amides is 3. The molecule has 214 valence electrons. The summed E-state index contributed by atoms with van der Waals surface area (Å²) < 4.78 is 11.5. The van der Waals surface area contributed by atoms with E-state index in [0.29, 0.717) is 49.6 Å². The van der Waals surface area contributed by atoms with Crippen LogP contribution in [0.25, 0.3) is 0 Å². The van der Waals surface area contributed by atoms with Crippen LogP contribution in [0.2, 0.25) is 0 Å². The van der Waals surface area contributed by atoms with E-state index in [1.54, 1.807) is 19.2 Å². The van der Waals surface area contributed by atoms with Gasteiger partial charge in [0, 0.05) is 68.3 Å². The van der Waals surface area contributed by atoms with Crippen molar-refractivity contribution in [1.82, 2.24) is 9.80 Å². The average molecular weight is 566 g/mol. The SMILES string of the molecule is COc1cc(OCCCCC(=O)N2CCSCC2)ccc1C(=O)N1CCC(N2C(=O)CCc3ccccc32)CC1. The first kappa shape index (κ1) is 28.3. The van der Waals surface area contributed by atoms with Crippen LogP contribution >= 0.6 is 11.8 Å². The van der Waals surface area contributed by atoms with Gasteiger partial charge in [-0.15, -0.1) is 0 Å². The number of aryl methyl sites for hydroxylation is 1. The first-order valence-electron chi connectivity index (χ1n) is 14.4. The summed E-state index contributed by atoms with van der Waals surface area (Å²) in [6, 6.07) is 13.6. The fraction of sp³-hybridized carbons (Fsp3) is 0.516. The third-order valence-electron chi connectivity index (χ3n) is 8.07. The molecule has 9 heteroatoms. The molecule has 0 atom stereocenters. The van der Waals surface area contributed by atoms with E-state index in [1.165, 1.54) is 5.56 Å². The van der Waals surface area contributed by atoms with E-state index in [1.807, 2.05) is 50.7 Å². The normalized spacial score (nSPS) is 17.9. The van der Waals surface area contributed by atoms with Crippen molar-refractivity contribution in [2.75, 3.05) is 56.3 Å². The van der Waals surface area contributed by atoms with Gasteiger partial charge in [0.1, 0.15) is 11.5 Å². The third-order valence-corrected chi connectivity index (χ3v) is 9.01. The number of likely N-dealkylation sites (tertiary alicyclic amines) is 1. The number of carbonyl (C=O) groups excluding carboxylic acids is 3. The largest absolute Gasteiger partial charge is 0.496 e. The Kier molecular flexibility index (Phi) is 9.52. The van der Waals surface area contributed by atoms with E-state index in [-0.39, 0.29) is 23.8 Å². The third kappa shape index (κ3) is 6.57. The van der Waals surface area contributed by atoms with Crippen LogP contribution in [0.4, 0.5) is 5.69 Å². The molecule has 3 amide bonds. The molecule has 0 saturated carbocycles. The van der Waals surface area contributed by atoms with Crippen molar-refractivity contribution in [2.24, 2.45) is 0 Å². The lowest BCUT2D eigenvalue weighted by Gasteiger charge is -2.41. The highest BCUT2D eigenvalue weighted by atomic mass is 32.2. The monoisotopic (exact) mass is 565 g/mol. The molecule has 0 bridgehead atoms. The minimum Gasteiger partial charge on any atom is -0.496 e. The van der Waals surface area contributed by atoms with Crippen molar-refractivity contribution >= 4 is 35.2 Å². The second-order valence-electron chi connectivity index (χ2n) is 10.6. The fourth-order valence-electron chi connectivity index (χ4n) is 5.83. The molecule has 2 saturated heterocycles. The Morgan fingerprint density at radius 3 is 2.50 bits per heavy atom. The number of methoxy groups -OCH3 is 1. The van der Waals surface area contributed by atoms with Crippen LogP contribution in [-0.2, 0) is 16.0 Å². The molecular formula is C31H39N3O5S. The second kappa shape index (κ2) is 13.4. The maximum atomic E-state index is 13.4. The molecule has 2 aromatic rings. The number of ether oxygens (including phenoxy) is 2. The molecule has 0 N–H and O–H groups in total. The number of piperidine rings is 1. The van der Waals surface area contributed by atoms with Crippen LogP contribution in [0.5, 0.6) is 11.5 Å². The summed E-state index contributed by atoms with van der Waals surface area (Å²) in [5.41, 5.74) is 2.75. The predicted molar refractivity (Wildman–Crippen MR) is 157 cm³/mol. The summed E-state index contributed by atoms with van der Waals surface area (Å²) in [7, 11) is 1.56. The first-order chi connectivity index (χ1) is 19.5. The van der Waals surface area contributed by atoms with Gasteiger partial charge >= 0.3 is 0 Å². The minimum absolute atomic E-state index is 0.0677. The van der Waals surface area contributed by atoms with Crippen LogP contribution < -0.4 is 14.4 Å². The number of benzene rings is 2. The van der Waals surface area contributed by atoms with E-state index in [9.17, 15) is 14.4 Å². The first-order valence-corrected chi connectivity index (χ1v) is 15.6. The van der Waals surface area contributed by atoms with E-state index in [0.717, 1.165) is 62.4 Å². The van der Waals surface area contributed by atoms with E-state index in [4.69, 9.17) is 9.47 Å². The summed E-state index contributed by atoms with van der Waals surface area (Å²) >= 11 is 1.90. The maximum absolute atomic E-state index is 13.4. The van der Waals surface area contributed by atoms with Crippen molar-refractivity contribution in [2.45, 2.75) is 51.0 Å². The second-order valence-corrected chi connectivity index (χ2v) is 11.8. The van der Waals surface area contributed by atoms with Crippen molar-refractivity contribution < 1.29 is 23.9 Å². The summed E-state index contributed by atoms with van der Waals surface area (Å²) in [6.07, 6.45) is 4.96. The van der Waals surface area contributed by atoms with Gasteiger partial charge in [-0.3, -0.25) is 14.4 Å². The lowest BCUT2D eigenvalue weighted by Crippen LogP contribution is -2.50. The van der Waals surface area contributed by atoms with Crippen LogP contribution in [-0.4, -0.2) is 85.0 Å². The number of carbonyl (C=O) groups is 3. The summed E-state index contributed by atoms with van der Waals surface area (Å²) in [5, 5.41) is 0. The number of hydrogen-bond donors (Lipinski definition) is 0. The van der Waals surface area contributed by atoms with Crippen LogP contribution in [0.1, 0.15) is 54.4 Å². The molecule has 3 heterocycles.